The molecule has 23 heavy (non-hydrogen) atoms. The molecule has 2 heterocycles. The molecule has 1 aromatic carbocycles. The minimum atomic E-state index is -0.368. The first-order valence-electron chi connectivity index (χ1n) is 6.65. The number of aryl methyl sites for hydroxylation is 1. The fraction of sp³-hybridized carbons (Fsp3) is 0.143. The van der Waals surface area contributed by atoms with Gasteiger partial charge in [0.1, 0.15) is 6.33 Å². The van der Waals surface area contributed by atoms with Crippen LogP contribution < -0.4 is 5.32 Å². The number of carbonyl (C=O) groups excluding carboxylic acids is 1. The van der Waals surface area contributed by atoms with Crippen LogP contribution in [0.1, 0.15) is 16.1 Å². The zero-order chi connectivity index (χ0) is 16.4. The van der Waals surface area contributed by atoms with Crippen molar-refractivity contribution in [1.82, 2.24) is 24.5 Å². The van der Waals surface area contributed by atoms with Gasteiger partial charge in [0.05, 0.1) is 6.54 Å². The zero-order valence-electron chi connectivity index (χ0n) is 12.1. The molecule has 1 amide bonds. The van der Waals surface area contributed by atoms with Crippen molar-refractivity contribution in [1.29, 1.82) is 0 Å². The van der Waals surface area contributed by atoms with Crippen LogP contribution in [0.4, 0.5) is 5.95 Å². The number of hydrogen-bond acceptors (Lipinski definition) is 4. The number of anilines is 1. The number of halogens is 2. The molecule has 3 rings (SSSR count). The van der Waals surface area contributed by atoms with Crippen LogP contribution in [-0.2, 0) is 13.6 Å². The van der Waals surface area contributed by atoms with Crippen molar-refractivity contribution in [2.24, 2.45) is 7.05 Å². The monoisotopic (exact) mass is 350 g/mol. The quantitative estimate of drug-likeness (QED) is 0.784. The molecule has 0 aliphatic heterocycles. The molecule has 0 saturated heterocycles. The van der Waals surface area contributed by atoms with Crippen LogP contribution in [0.2, 0.25) is 10.0 Å². The van der Waals surface area contributed by atoms with Gasteiger partial charge in [0.2, 0.25) is 5.95 Å². The van der Waals surface area contributed by atoms with Crippen molar-refractivity contribution < 1.29 is 4.79 Å². The zero-order valence-corrected chi connectivity index (χ0v) is 13.6. The first-order chi connectivity index (χ1) is 11.0. The Labute approximate surface area is 141 Å². The maximum atomic E-state index is 12.0. The molecule has 7 nitrogen and oxygen atoms in total. The molecule has 2 aromatic heterocycles. The third-order valence-electron chi connectivity index (χ3n) is 3.06. The van der Waals surface area contributed by atoms with Gasteiger partial charge < -0.3 is 0 Å². The van der Waals surface area contributed by atoms with Gasteiger partial charge in [-0.2, -0.15) is 5.10 Å². The van der Waals surface area contributed by atoms with Crippen molar-refractivity contribution in [3.63, 3.8) is 0 Å². The summed E-state index contributed by atoms with van der Waals surface area (Å²) in [5.74, 6) is -0.168. The SMILES string of the molecule is Cn1ccc(C(=O)Nc2ncn(Cc3ccc(Cl)cc3Cl)n2)n1. The molecule has 3 aromatic rings. The topological polar surface area (TPSA) is 77.6 Å². The summed E-state index contributed by atoms with van der Waals surface area (Å²) >= 11 is 12.0. The van der Waals surface area contributed by atoms with Crippen molar-refractivity contribution in [3.8, 4) is 0 Å². The van der Waals surface area contributed by atoms with Crippen LogP contribution in [0.3, 0.4) is 0 Å². The Balaban J connectivity index is 1.69. The summed E-state index contributed by atoms with van der Waals surface area (Å²) in [6, 6.07) is 6.85. The predicted octanol–water partition coefficient (Wildman–Crippen LogP) is 2.62. The van der Waals surface area contributed by atoms with Gasteiger partial charge >= 0.3 is 0 Å². The van der Waals surface area contributed by atoms with E-state index in [0.29, 0.717) is 22.3 Å². The molecule has 0 saturated carbocycles. The number of amides is 1. The molecule has 0 unspecified atom stereocenters. The van der Waals surface area contributed by atoms with Crippen LogP contribution in [0.5, 0.6) is 0 Å². The lowest BCUT2D eigenvalue weighted by molar-refractivity contribution is 0.102. The molecule has 0 spiro atoms. The molecule has 118 valence electrons. The number of carbonyl (C=O) groups is 1. The molecule has 9 heteroatoms. The van der Waals surface area contributed by atoms with Gasteiger partial charge in [-0.05, 0) is 23.8 Å². The van der Waals surface area contributed by atoms with Crippen LogP contribution in [0.25, 0.3) is 0 Å². The average Bonchev–Trinajstić information content (AvgIpc) is 3.11. The molecule has 0 atom stereocenters. The molecule has 0 bridgehead atoms. The highest BCUT2D eigenvalue weighted by Gasteiger charge is 2.12. The first-order valence-corrected chi connectivity index (χ1v) is 7.41. The minimum absolute atomic E-state index is 0.200. The Morgan fingerprint density at radius 3 is 2.78 bits per heavy atom. The molecule has 0 aliphatic carbocycles. The number of nitrogens with zero attached hydrogens (tertiary/aromatic N) is 5. The van der Waals surface area contributed by atoms with Gasteiger partial charge in [-0.15, -0.1) is 5.10 Å². The van der Waals surface area contributed by atoms with E-state index >= 15 is 0 Å². The summed E-state index contributed by atoms with van der Waals surface area (Å²) < 4.78 is 3.12. The molecule has 0 aliphatic rings. The van der Waals surface area contributed by atoms with Crippen LogP contribution in [0, 0.1) is 0 Å². The Bertz CT molecular complexity index is 857. The van der Waals surface area contributed by atoms with Gasteiger partial charge in [-0.25, -0.2) is 9.67 Å². The lowest BCUT2D eigenvalue weighted by Crippen LogP contribution is -2.14. The smallest absolute Gasteiger partial charge is 0.278 e. The number of rotatable bonds is 4. The van der Waals surface area contributed by atoms with E-state index in [1.54, 1.807) is 40.8 Å². The largest absolute Gasteiger partial charge is 0.288 e. The van der Waals surface area contributed by atoms with Crippen molar-refractivity contribution in [2.75, 3.05) is 5.32 Å². The molecule has 0 fully saturated rings. The summed E-state index contributed by atoms with van der Waals surface area (Å²) in [6.07, 6.45) is 3.20. The van der Waals surface area contributed by atoms with Gasteiger partial charge in [-0.1, -0.05) is 29.3 Å². The lowest BCUT2D eigenvalue weighted by Gasteiger charge is -2.04. The highest BCUT2D eigenvalue weighted by molar-refractivity contribution is 6.35. The van der Waals surface area contributed by atoms with E-state index in [4.69, 9.17) is 23.2 Å². The Morgan fingerprint density at radius 2 is 2.09 bits per heavy atom. The number of hydrogen-bond donors (Lipinski definition) is 1. The number of nitrogens with one attached hydrogen (secondary N) is 1. The highest BCUT2D eigenvalue weighted by atomic mass is 35.5. The summed E-state index contributed by atoms with van der Waals surface area (Å²) in [7, 11) is 1.74. The molecular weight excluding hydrogens is 339 g/mol. The van der Waals surface area contributed by atoms with Gasteiger partial charge in [-0.3, -0.25) is 14.8 Å². The van der Waals surface area contributed by atoms with E-state index in [1.807, 2.05) is 6.07 Å². The van der Waals surface area contributed by atoms with Crippen LogP contribution >= 0.6 is 23.2 Å². The normalized spacial score (nSPS) is 10.7. The van der Waals surface area contributed by atoms with Crippen LogP contribution in [0.15, 0.2) is 36.8 Å². The summed E-state index contributed by atoms with van der Waals surface area (Å²) in [5, 5.41) is 11.9. The predicted molar refractivity (Wildman–Crippen MR) is 86.7 cm³/mol. The third kappa shape index (κ3) is 3.69. The van der Waals surface area contributed by atoms with E-state index in [0.717, 1.165) is 5.56 Å². The number of benzene rings is 1. The average molecular weight is 351 g/mol. The minimum Gasteiger partial charge on any atom is -0.288 e. The van der Waals surface area contributed by atoms with E-state index < -0.39 is 0 Å². The fourth-order valence-corrected chi connectivity index (χ4v) is 2.42. The Morgan fingerprint density at radius 1 is 1.26 bits per heavy atom. The lowest BCUT2D eigenvalue weighted by atomic mass is 10.2. The van der Waals surface area contributed by atoms with Crippen molar-refractivity contribution >= 4 is 35.1 Å². The second kappa shape index (κ2) is 6.39. The van der Waals surface area contributed by atoms with E-state index in [2.05, 4.69) is 20.5 Å². The maximum absolute atomic E-state index is 12.0. The van der Waals surface area contributed by atoms with Crippen LogP contribution in [-0.4, -0.2) is 30.5 Å². The van der Waals surface area contributed by atoms with E-state index in [1.165, 1.54) is 6.33 Å². The Hall–Kier alpha value is -2.38. The van der Waals surface area contributed by atoms with Crippen molar-refractivity contribution in [3.05, 3.63) is 58.1 Å². The van der Waals surface area contributed by atoms with E-state index in [9.17, 15) is 4.79 Å². The highest BCUT2D eigenvalue weighted by Crippen LogP contribution is 2.21. The van der Waals surface area contributed by atoms with Gasteiger partial charge in [0.25, 0.3) is 5.91 Å². The summed E-state index contributed by atoms with van der Waals surface area (Å²) in [4.78, 5) is 16.0. The second-order valence-electron chi connectivity index (χ2n) is 4.83. The number of aromatic nitrogens is 5. The molecule has 1 N–H and O–H groups in total. The molecular formula is C14H12Cl2N6O. The molecule has 0 radical (unpaired) electrons. The second-order valence-corrected chi connectivity index (χ2v) is 5.67. The standard InChI is InChI=1S/C14H12Cl2N6O/c1-21-5-4-12(19-21)13(23)18-14-17-8-22(20-14)7-9-2-3-10(15)6-11(9)16/h2-6,8H,7H2,1H3,(H,18,20,23). The van der Waals surface area contributed by atoms with Gasteiger partial charge in [0.15, 0.2) is 5.69 Å². The Kier molecular flexibility index (Phi) is 4.31. The fourth-order valence-electron chi connectivity index (χ4n) is 1.95. The first kappa shape index (κ1) is 15.5. The maximum Gasteiger partial charge on any atom is 0.278 e. The third-order valence-corrected chi connectivity index (χ3v) is 3.64. The van der Waals surface area contributed by atoms with Gasteiger partial charge in [0, 0.05) is 23.3 Å². The summed E-state index contributed by atoms with van der Waals surface area (Å²) in [6.45, 7) is 0.419. The summed E-state index contributed by atoms with van der Waals surface area (Å²) in [5.41, 5.74) is 1.15. The van der Waals surface area contributed by atoms with E-state index in [-0.39, 0.29) is 11.9 Å². The van der Waals surface area contributed by atoms with Crippen molar-refractivity contribution in [2.45, 2.75) is 6.54 Å².